The Labute approximate surface area is 150 Å². The van der Waals surface area contributed by atoms with E-state index in [1.54, 1.807) is 0 Å². The second-order valence-corrected chi connectivity index (χ2v) is 13.7. The van der Waals surface area contributed by atoms with Crippen molar-refractivity contribution in [2.75, 3.05) is 6.73 Å². The lowest BCUT2D eigenvalue weighted by atomic mass is 10.1. The first-order valence-electron chi connectivity index (χ1n) is 9.71. The molecule has 0 atom stereocenters. The van der Waals surface area contributed by atoms with E-state index in [-0.39, 0.29) is 5.04 Å². The zero-order valence-corrected chi connectivity index (χ0v) is 17.5. The van der Waals surface area contributed by atoms with E-state index in [4.69, 9.17) is 4.43 Å². The van der Waals surface area contributed by atoms with Crippen LogP contribution in [0, 0.1) is 0 Å². The Hall–Kier alpha value is -0.643. The number of rotatable bonds is 6. The van der Waals surface area contributed by atoms with E-state index < -0.39 is 8.32 Å². The molecule has 0 bridgehead atoms. The van der Waals surface area contributed by atoms with Gasteiger partial charge in [0.1, 0.15) is 0 Å². The van der Waals surface area contributed by atoms with Crippen molar-refractivity contribution in [1.29, 1.82) is 0 Å². The molecule has 0 amide bonds. The summed E-state index contributed by atoms with van der Waals surface area (Å²) in [6, 6.07) is 11.6. The van der Waals surface area contributed by atoms with Crippen molar-refractivity contribution in [3.8, 4) is 0 Å². The third-order valence-electron chi connectivity index (χ3n) is 5.97. The van der Waals surface area contributed by atoms with Crippen LogP contribution >= 0.6 is 0 Å². The maximum Gasteiger partial charge on any atom is 0.193 e. The minimum atomic E-state index is -1.70. The van der Waals surface area contributed by atoms with Gasteiger partial charge in [0.2, 0.25) is 0 Å². The van der Waals surface area contributed by atoms with Crippen LogP contribution in [-0.2, 0) is 11.0 Å². The molecule has 1 aliphatic rings. The van der Waals surface area contributed by atoms with Crippen LogP contribution in [0.1, 0.15) is 64.9 Å². The highest BCUT2D eigenvalue weighted by atomic mass is 28.4. The molecule has 3 heteroatoms. The van der Waals surface area contributed by atoms with Crippen LogP contribution < -0.4 is 0 Å². The average molecular weight is 348 g/mol. The summed E-state index contributed by atoms with van der Waals surface area (Å²) in [6.07, 6.45) is 8.20. The lowest BCUT2D eigenvalue weighted by Gasteiger charge is -2.40. The monoisotopic (exact) mass is 347 g/mol. The standard InChI is InChI=1S/C21H37NOSi/c1-21(2,3)24(4,5)23-18-22(17-19-13-9-8-10-14-19)20-15-11-6-7-12-16-20/h8-10,13-14,20H,6-7,11-12,15-18H2,1-5H3. The minimum Gasteiger partial charge on any atom is -0.404 e. The first-order valence-corrected chi connectivity index (χ1v) is 12.6. The first-order chi connectivity index (χ1) is 11.3. The summed E-state index contributed by atoms with van der Waals surface area (Å²) in [5.41, 5.74) is 1.40. The molecule has 0 unspecified atom stereocenters. The molecule has 1 fully saturated rings. The third-order valence-corrected chi connectivity index (χ3v) is 10.4. The zero-order valence-electron chi connectivity index (χ0n) is 16.5. The van der Waals surface area contributed by atoms with Crippen LogP contribution in [0.3, 0.4) is 0 Å². The molecule has 1 saturated carbocycles. The van der Waals surface area contributed by atoms with E-state index in [0.717, 1.165) is 13.3 Å². The predicted molar refractivity (Wildman–Crippen MR) is 107 cm³/mol. The minimum absolute atomic E-state index is 0.273. The fraction of sp³-hybridized carbons (Fsp3) is 0.714. The Kier molecular flexibility index (Phi) is 7.08. The molecule has 0 N–H and O–H groups in total. The number of hydrogen-bond donors (Lipinski definition) is 0. The summed E-state index contributed by atoms with van der Waals surface area (Å²) in [4.78, 5) is 2.61. The zero-order chi connectivity index (χ0) is 17.6. The molecular weight excluding hydrogens is 310 g/mol. The fourth-order valence-electron chi connectivity index (χ4n) is 3.18. The number of hydrogen-bond acceptors (Lipinski definition) is 2. The van der Waals surface area contributed by atoms with Crippen molar-refractivity contribution in [2.24, 2.45) is 0 Å². The van der Waals surface area contributed by atoms with Gasteiger partial charge < -0.3 is 4.43 Å². The predicted octanol–water partition coefficient (Wildman–Crippen LogP) is 6.19. The maximum absolute atomic E-state index is 6.59. The Balaban J connectivity index is 2.07. The topological polar surface area (TPSA) is 12.5 Å². The average Bonchev–Trinajstić information content (AvgIpc) is 2.80. The molecule has 24 heavy (non-hydrogen) atoms. The van der Waals surface area contributed by atoms with E-state index in [0.29, 0.717) is 6.04 Å². The molecule has 2 nitrogen and oxygen atoms in total. The van der Waals surface area contributed by atoms with Gasteiger partial charge in [-0.05, 0) is 36.5 Å². The van der Waals surface area contributed by atoms with Gasteiger partial charge in [0, 0.05) is 12.6 Å². The van der Waals surface area contributed by atoms with Crippen LogP contribution in [0.4, 0.5) is 0 Å². The summed E-state index contributed by atoms with van der Waals surface area (Å²) in [7, 11) is -1.70. The normalized spacial score (nSPS) is 17.9. The van der Waals surface area contributed by atoms with Crippen molar-refractivity contribution >= 4 is 8.32 Å². The van der Waals surface area contributed by atoms with Gasteiger partial charge in [-0.2, -0.15) is 0 Å². The molecule has 0 heterocycles. The summed E-state index contributed by atoms with van der Waals surface area (Å²) in [6.45, 7) is 13.5. The summed E-state index contributed by atoms with van der Waals surface area (Å²) < 4.78 is 6.59. The summed E-state index contributed by atoms with van der Waals surface area (Å²) in [5.74, 6) is 0. The van der Waals surface area contributed by atoms with Crippen LogP contribution in [-0.4, -0.2) is 26.0 Å². The lowest BCUT2D eigenvalue weighted by molar-refractivity contribution is 0.0603. The maximum atomic E-state index is 6.59. The van der Waals surface area contributed by atoms with Gasteiger partial charge >= 0.3 is 0 Å². The molecule has 2 rings (SSSR count). The van der Waals surface area contributed by atoms with Gasteiger partial charge in [0.15, 0.2) is 8.32 Å². The number of nitrogens with zero attached hydrogens (tertiary/aromatic N) is 1. The SMILES string of the molecule is CC(C)(C)[Si](C)(C)OCN(Cc1ccccc1)C1CCCCCC1. The molecule has 1 aromatic rings. The molecule has 0 aliphatic heterocycles. The van der Waals surface area contributed by atoms with Gasteiger partial charge in [-0.15, -0.1) is 0 Å². The van der Waals surface area contributed by atoms with Gasteiger partial charge in [-0.1, -0.05) is 76.8 Å². The van der Waals surface area contributed by atoms with Crippen molar-refractivity contribution in [3.05, 3.63) is 35.9 Å². The van der Waals surface area contributed by atoms with E-state index >= 15 is 0 Å². The molecule has 1 aromatic carbocycles. The Morgan fingerprint density at radius 3 is 2.12 bits per heavy atom. The van der Waals surface area contributed by atoms with Crippen LogP contribution in [0.25, 0.3) is 0 Å². The van der Waals surface area contributed by atoms with E-state index in [1.807, 2.05) is 0 Å². The molecule has 0 aromatic heterocycles. The van der Waals surface area contributed by atoms with Gasteiger partial charge in [0.05, 0.1) is 6.73 Å². The fourth-order valence-corrected chi connectivity index (χ4v) is 4.10. The van der Waals surface area contributed by atoms with Gasteiger partial charge in [-0.3, -0.25) is 4.90 Å². The van der Waals surface area contributed by atoms with E-state index in [9.17, 15) is 0 Å². The highest BCUT2D eigenvalue weighted by molar-refractivity contribution is 6.74. The molecule has 136 valence electrons. The molecule has 0 spiro atoms. The second-order valence-electron chi connectivity index (χ2n) is 8.91. The van der Waals surface area contributed by atoms with Crippen molar-refractivity contribution in [2.45, 2.75) is 90.0 Å². The van der Waals surface area contributed by atoms with Crippen molar-refractivity contribution < 1.29 is 4.43 Å². The lowest BCUT2D eigenvalue weighted by Crippen LogP contribution is -2.46. The highest BCUT2D eigenvalue weighted by Gasteiger charge is 2.38. The van der Waals surface area contributed by atoms with Crippen LogP contribution in [0.5, 0.6) is 0 Å². The Morgan fingerprint density at radius 1 is 1.00 bits per heavy atom. The largest absolute Gasteiger partial charge is 0.404 e. The summed E-state index contributed by atoms with van der Waals surface area (Å²) in [5, 5.41) is 0.273. The van der Waals surface area contributed by atoms with E-state index in [2.05, 4.69) is 69.1 Å². The quantitative estimate of drug-likeness (QED) is 0.345. The van der Waals surface area contributed by atoms with E-state index in [1.165, 1.54) is 44.1 Å². The van der Waals surface area contributed by atoms with Crippen molar-refractivity contribution in [1.82, 2.24) is 4.90 Å². The first kappa shape index (κ1) is 19.7. The Morgan fingerprint density at radius 2 is 1.58 bits per heavy atom. The van der Waals surface area contributed by atoms with Crippen molar-refractivity contribution in [3.63, 3.8) is 0 Å². The van der Waals surface area contributed by atoms with Crippen LogP contribution in [0.2, 0.25) is 18.1 Å². The molecule has 1 aliphatic carbocycles. The van der Waals surface area contributed by atoms with Crippen LogP contribution in [0.15, 0.2) is 30.3 Å². The molecular formula is C21H37NOSi. The Bertz CT molecular complexity index is 472. The van der Waals surface area contributed by atoms with Gasteiger partial charge in [0.25, 0.3) is 0 Å². The summed E-state index contributed by atoms with van der Waals surface area (Å²) >= 11 is 0. The number of benzene rings is 1. The second kappa shape index (κ2) is 8.64. The smallest absolute Gasteiger partial charge is 0.193 e. The highest BCUT2D eigenvalue weighted by Crippen LogP contribution is 2.37. The molecule has 0 saturated heterocycles. The van der Waals surface area contributed by atoms with Gasteiger partial charge in [-0.25, -0.2) is 0 Å². The third kappa shape index (κ3) is 5.71. The molecule has 0 radical (unpaired) electrons.